The van der Waals surface area contributed by atoms with E-state index in [1.165, 1.54) is 5.56 Å². The fourth-order valence-corrected chi connectivity index (χ4v) is 6.37. The number of amides is 1. The molecular weight excluding hydrogens is 528 g/mol. The SMILES string of the molecule is O=C1c2oc(-c3ccc(Cl)cc3)cc2Cc2cc(C3CCNCC3)ccc2N1Cc1ccccc1-c1ccccc1. The molecule has 0 radical (unpaired) electrons. The number of fused-ring (bicyclic) bond motifs is 2. The van der Waals surface area contributed by atoms with Crippen molar-refractivity contribution in [3.63, 3.8) is 0 Å². The average molecular weight is 559 g/mol. The highest BCUT2D eigenvalue weighted by Crippen LogP contribution is 2.39. The van der Waals surface area contributed by atoms with Crippen molar-refractivity contribution in [3.05, 3.63) is 136 Å². The number of carbonyl (C=O) groups excluding carboxylic acids is 1. The fourth-order valence-electron chi connectivity index (χ4n) is 6.24. The molecule has 0 atom stereocenters. The van der Waals surface area contributed by atoms with Gasteiger partial charge in [0.1, 0.15) is 5.76 Å². The molecule has 4 aromatic carbocycles. The summed E-state index contributed by atoms with van der Waals surface area (Å²) in [6, 6.07) is 35.0. The van der Waals surface area contributed by atoms with E-state index in [0.717, 1.165) is 65.0 Å². The third-order valence-electron chi connectivity index (χ3n) is 8.39. The summed E-state index contributed by atoms with van der Waals surface area (Å²) in [5.74, 6) is 1.51. The second-order valence-corrected chi connectivity index (χ2v) is 11.4. The Bertz CT molecular complexity index is 1700. The van der Waals surface area contributed by atoms with Gasteiger partial charge in [0, 0.05) is 28.3 Å². The summed E-state index contributed by atoms with van der Waals surface area (Å²) >= 11 is 6.14. The third-order valence-corrected chi connectivity index (χ3v) is 8.65. The molecule has 1 aromatic heterocycles. The maximum Gasteiger partial charge on any atom is 0.294 e. The number of furan rings is 1. The van der Waals surface area contributed by atoms with Crippen LogP contribution in [0.25, 0.3) is 22.5 Å². The van der Waals surface area contributed by atoms with Gasteiger partial charge in [0.15, 0.2) is 5.76 Å². The van der Waals surface area contributed by atoms with E-state index in [1.807, 2.05) is 59.5 Å². The van der Waals surface area contributed by atoms with Crippen molar-refractivity contribution < 1.29 is 9.21 Å². The monoisotopic (exact) mass is 558 g/mol. The van der Waals surface area contributed by atoms with Gasteiger partial charge in [-0.2, -0.15) is 0 Å². The van der Waals surface area contributed by atoms with Crippen LogP contribution >= 0.6 is 11.6 Å². The number of hydrogen-bond acceptors (Lipinski definition) is 3. The zero-order chi connectivity index (χ0) is 27.8. The van der Waals surface area contributed by atoms with Crippen LogP contribution in [0.5, 0.6) is 0 Å². The van der Waals surface area contributed by atoms with Crippen LogP contribution < -0.4 is 10.2 Å². The van der Waals surface area contributed by atoms with Gasteiger partial charge in [0.25, 0.3) is 5.91 Å². The quantitative estimate of drug-likeness (QED) is 0.235. The van der Waals surface area contributed by atoms with Crippen molar-refractivity contribution in [1.82, 2.24) is 5.32 Å². The molecule has 1 amide bonds. The van der Waals surface area contributed by atoms with Crippen LogP contribution in [0.15, 0.2) is 108 Å². The Kier molecular flexibility index (Phi) is 6.95. The lowest BCUT2D eigenvalue weighted by Gasteiger charge is -2.27. The summed E-state index contributed by atoms with van der Waals surface area (Å²) in [6.45, 7) is 2.53. The first-order valence-corrected chi connectivity index (χ1v) is 14.7. The number of anilines is 1. The Balaban J connectivity index is 1.33. The van der Waals surface area contributed by atoms with Gasteiger partial charge in [0.05, 0.1) is 6.54 Å². The highest BCUT2D eigenvalue weighted by atomic mass is 35.5. The molecule has 2 aliphatic heterocycles. The molecule has 5 aromatic rings. The van der Waals surface area contributed by atoms with E-state index in [0.29, 0.717) is 35.4 Å². The van der Waals surface area contributed by atoms with E-state index in [1.54, 1.807) is 0 Å². The lowest BCUT2D eigenvalue weighted by Crippen LogP contribution is -2.30. The Morgan fingerprint density at radius 1 is 0.805 bits per heavy atom. The summed E-state index contributed by atoms with van der Waals surface area (Å²) in [7, 11) is 0. The normalized spacial score (nSPS) is 15.3. The van der Waals surface area contributed by atoms with Crippen LogP contribution in [0.1, 0.15) is 51.6 Å². The highest BCUT2D eigenvalue weighted by Gasteiger charge is 2.32. The van der Waals surface area contributed by atoms with Gasteiger partial charge < -0.3 is 14.6 Å². The summed E-state index contributed by atoms with van der Waals surface area (Å²) in [6.07, 6.45) is 2.90. The molecule has 0 saturated carbocycles. The number of hydrogen-bond donors (Lipinski definition) is 1. The number of piperidine rings is 1. The molecule has 1 saturated heterocycles. The van der Waals surface area contributed by atoms with Gasteiger partial charge >= 0.3 is 0 Å². The van der Waals surface area contributed by atoms with E-state index < -0.39 is 0 Å². The van der Waals surface area contributed by atoms with Crippen molar-refractivity contribution in [2.24, 2.45) is 0 Å². The minimum absolute atomic E-state index is 0.114. The van der Waals surface area contributed by atoms with Crippen LogP contribution in [0.2, 0.25) is 5.02 Å². The Hall–Kier alpha value is -4.12. The number of rotatable bonds is 5. The molecule has 0 unspecified atom stereocenters. The molecule has 0 aliphatic carbocycles. The molecule has 204 valence electrons. The second kappa shape index (κ2) is 11.0. The molecule has 0 spiro atoms. The van der Waals surface area contributed by atoms with Crippen molar-refractivity contribution >= 4 is 23.2 Å². The van der Waals surface area contributed by atoms with E-state index in [2.05, 4.69) is 53.8 Å². The van der Waals surface area contributed by atoms with Gasteiger partial charge in [-0.1, -0.05) is 78.3 Å². The molecule has 7 rings (SSSR count). The number of nitrogens with zero attached hydrogens (tertiary/aromatic N) is 1. The molecule has 1 N–H and O–H groups in total. The van der Waals surface area contributed by atoms with E-state index in [9.17, 15) is 4.79 Å². The second-order valence-electron chi connectivity index (χ2n) is 11.0. The van der Waals surface area contributed by atoms with Crippen molar-refractivity contribution in [2.75, 3.05) is 18.0 Å². The van der Waals surface area contributed by atoms with Crippen LogP contribution in [-0.2, 0) is 13.0 Å². The number of nitrogens with one attached hydrogen (secondary N) is 1. The maximum absolute atomic E-state index is 14.3. The lowest BCUT2D eigenvalue weighted by atomic mass is 9.88. The molecule has 2 aliphatic rings. The largest absolute Gasteiger partial charge is 0.451 e. The first-order chi connectivity index (χ1) is 20.1. The van der Waals surface area contributed by atoms with E-state index in [4.69, 9.17) is 16.0 Å². The minimum atomic E-state index is -0.114. The third kappa shape index (κ3) is 5.10. The Morgan fingerprint density at radius 2 is 1.56 bits per heavy atom. The van der Waals surface area contributed by atoms with Crippen LogP contribution in [-0.4, -0.2) is 19.0 Å². The predicted molar refractivity (Wildman–Crippen MR) is 166 cm³/mol. The zero-order valence-electron chi connectivity index (χ0n) is 22.8. The molecule has 3 heterocycles. The van der Waals surface area contributed by atoms with Crippen molar-refractivity contribution in [3.8, 4) is 22.5 Å². The highest BCUT2D eigenvalue weighted by molar-refractivity contribution is 6.30. The molecule has 1 fully saturated rings. The Morgan fingerprint density at radius 3 is 2.37 bits per heavy atom. The van der Waals surface area contributed by atoms with Crippen LogP contribution in [0, 0.1) is 0 Å². The van der Waals surface area contributed by atoms with Crippen molar-refractivity contribution in [1.29, 1.82) is 0 Å². The number of carbonyl (C=O) groups is 1. The van der Waals surface area contributed by atoms with E-state index >= 15 is 0 Å². The molecule has 0 bridgehead atoms. The molecule has 5 heteroatoms. The van der Waals surface area contributed by atoms with Gasteiger partial charge in [-0.25, -0.2) is 0 Å². The molecule has 4 nitrogen and oxygen atoms in total. The predicted octanol–water partition coefficient (Wildman–Crippen LogP) is 8.49. The Labute approximate surface area is 245 Å². The van der Waals surface area contributed by atoms with Gasteiger partial charge in [0.2, 0.25) is 0 Å². The average Bonchev–Trinajstić information content (AvgIpc) is 3.41. The van der Waals surface area contributed by atoms with Crippen molar-refractivity contribution in [2.45, 2.75) is 31.7 Å². The van der Waals surface area contributed by atoms with Gasteiger partial charge in [-0.3, -0.25) is 4.79 Å². The molecular formula is C36H31ClN2O2. The maximum atomic E-state index is 14.3. The smallest absolute Gasteiger partial charge is 0.294 e. The topological polar surface area (TPSA) is 45.5 Å². The number of halogens is 1. The van der Waals surface area contributed by atoms with E-state index in [-0.39, 0.29) is 5.91 Å². The molecule has 41 heavy (non-hydrogen) atoms. The van der Waals surface area contributed by atoms with Crippen LogP contribution in [0.3, 0.4) is 0 Å². The minimum Gasteiger partial charge on any atom is -0.451 e. The van der Waals surface area contributed by atoms with Gasteiger partial charge in [-0.05, 0) is 96.1 Å². The summed E-state index contributed by atoms with van der Waals surface area (Å²) in [4.78, 5) is 16.2. The summed E-state index contributed by atoms with van der Waals surface area (Å²) in [5, 5.41) is 4.14. The van der Waals surface area contributed by atoms with Crippen LogP contribution in [0.4, 0.5) is 5.69 Å². The fraction of sp³-hybridized carbons (Fsp3) is 0.194. The standard InChI is InChI=1S/C36H31ClN2O2/c37-31-13-10-26(11-14-31)34-22-30-21-29-20-27(24-16-18-38-19-17-24)12-15-33(29)39(36(40)35(30)41-34)23-28-8-4-5-9-32(28)25-6-2-1-3-7-25/h1-15,20,22,24,38H,16-19,21,23H2. The zero-order valence-corrected chi connectivity index (χ0v) is 23.5. The summed E-state index contributed by atoms with van der Waals surface area (Å²) < 4.78 is 6.34. The van der Waals surface area contributed by atoms with Gasteiger partial charge in [-0.15, -0.1) is 0 Å². The first-order valence-electron chi connectivity index (χ1n) is 14.3. The first kappa shape index (κ1) is 25.8. The number of benzene rings is 4. The summed E-state index contributed by atoms with van der Waals surface area (Å²) in [5.41, 5.74) is 8.64. The lowest BCUT2D eigenvalue weighted by molar-refractivity contribution is 0.0959.